The Labute approximate surface area is 154 Å². The predicted octanol–water partition coefficient (Wildman–Crippen LogP) is 4.27. The minimum Gasteiger partial charge on any atom is -0.273 e. The summed E-state index contributed by atoms with van der Waals surface area (Å²) in [5, 5.41) is 4.37. The van der Waals surface area contributed by atoms with Crippen LogP contribution >= 0.6 is 0 Å². The number of amides is 1. The zero-order chi connectivity index (χ0) is 17.9. The van der Waals surface area contributed by atoms with Crippen molar-refractivity contribution < 1.29 is 4.79 Å². The van der Waals surface area contributed by atoms with Crippen molar-refractivity contribution in [2.75, 3.05) is 0 Å². The first-order valence-electron chi connectivity index (χ1n) is 9.50. The molecule has 0 aromatic heterocycles. The number of allylic oxidation sites excluding steroid dienone is 1. The molecule has 2 aromatic rings. The lowest BCUT2D eigenvalue weighted by atomic mass is 9.92. The molecule has 0 spiro atoms. The van der Waals surface area contributed by atoms with E-state index in [0.29, 0.717) is 12.3 Å². The van der Waals surface area contributed by atoms with Gasteiger partial charge in [0, 0.05) is 23.6 Å². The van der Waals surface area contributed by atoms with Gasteiger partial charge in [-0.2, -0.15) is 5.01 Å². The number of rotatable bonds is 2. The van der Waals surface area contributed by atoms with E-state index in [1.807, 2.05) is 11.1 Å². The van der Waals surface area contributed by atoms with Crippen molar-refractivity contribution in [3.8, 4) is 0 Å². The summed E-state index contributed by atoms with van der Waals surface area (Å²) in [6.07, 6.45) is 4.77. The van der Waals surface area contributed by atoms with Crippen LogP contribution in [0.25, 0.3) is 0 Å². The van der Waals surface area contributed by atoms with Gasteiger partial charge in [-0.3, -0.25) is 4.79 Å². The standard InChI is InChI=1S/C23H24N2O/c1-23(2)15-21(26)24-20(13-12-16-8-4-3-5-9-16)19-14-17-10-6-7-11-18(17)22(19)25(23)24/h3-11,13,19,22H,12,14-15H2,1-2H3/b20-13+. The number of nitrogens with zero attached hydrogens (tertiary/aromatic N) is 2. The zero-order valence-electron chi connectivity index (χ0n) is 15.4. The van der Waals surface area contributed by atoms with Crippen LogP contribution in [-0.2, 0) is 17.6 Å². The molecule has 5 rings (SSSR count). The Hall–Kier alpha value is -2.39. The highest BCUT2D eigenvalue weighted by atomic mass is 16.2. The minimum atomic E-state index is -0.139. The molecule has 132 valence electrons. The maximum Gasteiger partial charge on any atom is 0.243 e. The minimum absolute atomic E-state index is 0.139. The smallest absolute Gasteiger partial charge is 0.243 e. The molecule has 3 nitrogen and oxygen atoms in total. The molecule has 0 saturated carbocycles. The van der Waals surface area contributed by atoms with Crippen molar-refractivity contribution in [3.05, 3.63) is 83.1 Å². The van der Waals surface area contributed by atoms with Crippen LogP contribution in [0.3, 0.4) is 0 Å². The van der Waals surface area contributed by atoms with Gasteiger partial charge in [0.25, 0.3) is 0 Å². The first-order valence-corrected chi connectivity index (χ1v) is 9.50. The summed E-state index contributed by atoms with van der Waals surface area (Å²) < 4.78 is 0. The summed E-state index contributed by atoms with van der Waals surface area (Å²) in [5.41, 5.74) is 5.18. The molecule has 26 heavy (non-hydrogen) atoms. The van der Waals surface area contributed by atoms with Crippen LogP contribution in [-0.4, -0.2) is 21.5 Å². The fraction of sp³-hybridized carbons (Fsp3) is 0.348. The van der Waals surface area contributed by atoms with E-state index in [1.54, 1.807) is 0 Å². The van der Waals surface area contributed by atoms with Gasteiger partial charge in [0.15, 0.2) is 0 Å². The average Bonchev–Trinajstić information content (AvgIpc) is 3.22. The fourth-order valence-electron chi connectivity index (χ4n) is 5.06. The van der Waals surface area contributed by atoms with Crippen molar-refractivity contribution in [1.29, 1.82) is 0 Å². The highest BCUT2D eigenvalue weighted by Crippen LogP contribution is 2.56. The van der Waals surface area contributed by atoms with E-state index in [2.05, 4.69) is 73.5 Å². The van der Waals surface area contributed by atoms with E-state index >= 15 is 0 Å². The van der Waals surface area contributed by atoms with E-state index in [1.165, 1.54) is 22.4 Å². The van der Waals surface area contributed by atoms with Crippen LogP contribution in [0.15, 0.2) is 66.4 Å². The molecule has 2 unspecified atom stereocenters. The lowest BCUT2D eigenvalue weighted by molar-refractivity contribution is -0.134. The summed E-state index contributed by atoms with van der Waals surface area (Å²) in [7, 11) is 0. The van der Waals surface area contributed by atoms with E-state index in [9.17, 15) is 4.79 Å². The maximum absolute atomic E-state index is 12.9. The molecule has 3 aliphatic rings. The normalized spacial score (nSPS) is 27.7. The number of fused-ring (bicyclic) bond motifs is 5. The summed E-state index contributed by atoms with van der Waals surface area (Å²) in [6.45, 7) is 4.39. The van der Waals surface area contributed by atoms with E-state index in [4.69, 9.17) is 0 Å². The molecule has 2 aliphatic heterocycles. The molecule has 2 saturated heterocycles. The molecule has 0 bridgehead atoms. The molecular formula is C23H24N2O. The van der Waals surface area contributed by atoms with Crippen LogP contribution in [0.2, 0.25) is 0 Å². The Balaban J connectivity index is 1.59. The molecular weight excluding hydrogens is 320 g/mol. The Bertz CT molecular complexity index is 899. The van der Waals surface area contributed by atoms with Gasteiger partial charge in [0.05, 0.1) is 6.04 Å². The SMILES string of the molecule is CC1(C)CC(=O)N2/C(=C/Cc3ccccc3)C3Cc4ccccc4C3N21. The van der Waals surface area contributed by atoms with E-state index < -0.39 is 0 Å². The van der Waals surface area contributed by atoms with Crippen LogP contribution in [0.1, 0.15) is 43.0 Å². The molecule has 1 aliphatic carbocycles. The monoisotopic (exact) mass is 344 g/mol. The second kappa shape index (κ2) is 5.55. The van der Waals surface area contributed by atoms with E-state index in [-0.39, 0.29) is 17.5 Å². The van der Waals surface area contributed by atoms with Gasteiger partial charge in [-0.15, -0.1) is 0 Å². The summed E-state index contributed by atoms with van der Waals surface area (Å²) >= 11 is 0. The van der Waals surface area contributed by atoms with E-state index in [0.717, 1.165) is 12.8 Å². The van der Waals surface area contributed by atoms with Crippen LogP contribution < -0.4 is 0 Å². The van der Waals surface area contributed by atoms with Crippen LogP contribution in [0.4, 0.5) is 0 Å². The second-order valence-electron chi connectivity index (χ2n) is 8.31. The third kappa shape index (κ3) is 2.20. The van der Waals surface area contributed by atoms with Gasteiger partial charge in [-0.05, 0) is 43.4 Å². The third-order valence-corrected chi connectivity index (χ3v) is 6.13. The summed E-state index contributed by atoms with van der Waals surface area (Å²) in [4.78, 5) is 12.9. The molecule has 2 fully saturated rings. The Morgan fingerprint density at radius 3 is 2.62 bits per heavy atom. The molecule has 2 heterocycles. The highest BCUT2D eigenvalue weighted by molar-refractivity contribution is 5.82. The molecule has 1 amide bonds. The maximum atomic E-state index is 12.9. The molecule has 0 N–H and O–H groups in total. The predicted molar refractivity (Wildman–Crippen MR) is 102 cm³/mol. The Morgan fingerprint density at radius 2 is 1.81 bits per heavy atom. The van der Waals surface area contributed by atoms with Gasteiger partial charge in [-0.1, -0.05) is 60.7 Å². The van der Waals surface area contributed by atoms with Crippen molar-refractivity contribution in [1.82, 2.24) is 10.0 Å². The number of carbonyl (C=O) groups excluding carboxylic acids is 1. The van der Waals surface area contributed by atoms with Crippen molar-refractivity contribution >= 4 is 5.91 Å². The zero-order valence-corrected chi connectivity index (χ0v) is 15.4. The lowest BCUT2D eigenvalue weighted by Gasteiger charge is -2.35. The van der Waals surface area contributed by atoms with Gasteiger partial charge >= 0.3 is 0 Å². The van der Waals surface area contributed by atoms with Crippen molar-refractivity contribution in [2.24, 2.45) is 5.92 Å². The third-order valence-electron chi connectivity index (χ3n) is 6.13. The first kappa shape index (κ1) is 15.8. The quantitative estimate of drug-likeness (QED) is 0.812. The Kier molecular flexibility index (Phi) is 3.38. The van der Waals surface area contributed by atoms with Crippen LogP contribution in [0.5, 0.6) is 0 Å². The van der Waals surface area contributed by atoms with Crippen molar-refractivity contribution in [3.63, 3.8) is 0 Å². The van der Waals surface area contributed by atoms with Gasteiger partial charge in [-0.25, -0.2) is 5.01 Å². The fourth-order valence-corrected chi connectivity index (χ4v) is 5.06. The largest absolute Gasteiger partial charge is 0.273 e. The summed E-state index contributed by atoms with van der Waals surface area (Å²) in [5.74, 6) is 0.612. The van der Waals surface area contributed by atoms with Gasteiger partial charge in [0.1, 0.15) is 0 Å². The topological polar surface area (TPSA) is 23.6 Å². The van der Waals surface area contributed by atoms with Gasteiger partial charge in [0.2, 0.25) is 5.91 Å². The molecule has 2 aromatic carbocycles. The van der Waals surface area contributed by atoms with Gasteiger partial charge < -0.3 is 0 Å². The highest BCUT2D eigenvalue weighted by Gasteiger charge is 2.59. The number of carbonyl (C=O) groups is 1. The second-order valence-corrected chi connectivity index (χ2v) is 8.31. The lowest BCUT2D eigenvalue weighted by Crippen LogP contribution is -2.43. The Morgan fingerprint density at radius 1 is 1.08 bits per heavy atom. The first-order chi connectivity index (χ1) is 12.6. The number of hydrazine groups is 1. The molecule has 2 atom stereocenters. The van der Waals surface area contributed by atoms with Crippen LogP contribution in [0, 0.1) is 5.92 Å². The number of hydrogen-bond acceptors (Lipinski definition) is 2. The number of hydrogen-bond donors (Lipinski definition) is 0. The average molecular weight is 344 g/mol. The molecule has 3 heteroatoms. The van der Waals surface area contributed by atoms with Crippen molar-refractivity contribution in [2.45, 2.75) is 44.7 Å². The number of benzene rings is 2. The summed E-state index contributed by atoms with van der Waals surface area (Å²) in [6, 6.07) is 19.5. The molecule has 0 radical (unpaired) electrons.